The fourth-order valence-electron chi connectivity index (χ4n) is 4.04. The molecule has 1 heterocycles. The second-order valence-corrected chi connectivity index (χ2v) is 9.88. The summed E-state index contributed by atoms with van der Waals surface area (Å²) >= 11 is 0. The van der Waals surface area contributed by atoms with Crippen molar-refractivity contribution >= 4 is 12.1 Å². The number of carbonyl (C=O) groups excluding carboxylic acids is 2. The van der Waals surface area contributed by atoms with Gasteiger partial charge in [-0.05, 0) is 27.2 Å². The maximum Gasteiger partial charge on any atom is 0.408 e. The maximum absolute atomic E-state index is 12.1. The Morgan fingerprint density at radius 3 is 1.90 bits per heavy atom. The summed E-state index contributed by atoms with van der Waals surface area (Å²) in [6, 6.07) is -0.374. The zero-order valence-electron chi connectivity index (χ0n) is 20.7. The van der Waals surface area contributed by atoms with E-state index in [9.17, 15) is 9.59 Å². The first-order chi connectivity index (χ1) is 14.7. The lowest BCUT2D eigenvalue weighted by molar-refractivity contribution is -0.150. The van der Waals surface area contributed by atoms with Crippen LogP contribution in [0, 0.1) is 0 Å². The zero-order valence-corrected chi connectivity index (χ0v) is 20.7. The molecule has 0 aliphatic carbocycles. The second kappa shape index (κ2) is 15.5. The summed E-state index contributed by atoms with van der Waals surface area (Å²) in [5.41, 5.74) is -0.574. The molecule has 1 aliphatic rings. The molecule has 0 aromatic heterocycles. The number of carbonyl (C=O) groups is 2. The summed E-state index contributed by atoms with van der Waals surface area (Å²) in [6.45, 7) is 9.44. The normalized spacial score (nSPS) is 21.1. The van der Waals surface area contributed by atoms with E-state index in [0.717, 1.165) is 19.3 Å². The van der Waals surface area contributed by atoms with Crippen molar-refractivity contribution < 1.29 is 23.8 Å². The van der Waals surface area contributed by atoms with Crippen molar-refractivity contribution in [3.05, 3.63) is 0 Å². The van der Waals surface area contributed by atoms with Gasteiger partial charge in [-0.15, -0.1) is 0 Å². The number of esters is 1. The van der Waals surface area contributed by atoms with Crippen LogP contribution in [0.15, 0.2) is 0 Å². The van der Waals surface area contributed by atoms with Gasteiger partial charge < -0.3 is 19.5 Å². The van der Waals surface area contributed by atoms with Gasteiger partial charge in [-0.1, -0.05) is 84.0 Å². The van der Waals surface area contributed by atoms with Gasteiger partial charge >= 0.3 is 12.1 Å². The molecule has 1 fully saturated rings. The molecule has 182 valence electrons. The van der Waals surface area contributed by atoms with Gasteiger partial charge in [-0.2, -0.15) is 0 Å². The Balaban J connectivity index is 2.21. The first-order valence-corrected chi connectivity index (χ1v) is 12.5. The van der Waals surface area contributed by atoms with Crippen molar-refractivity contribution in [3.8, 4) is 0 Å². The molecule has 31 heavy (non-hydrogen) atoms. The molecule has 0 bridgehead atoms. The molecular weight excluding hydrogens is 394 g/mol. The van der Waals surface area contributed by atoms with E-state index in [1.165, 1.54) is 71.1 Å². The molecule has 0 spiro atoms. The summed E-state index contributed by atoms with van der Waals surface area (Å²) in [4.78, 5) is 23.7. The summed E-state index contributed by atoms with van der Waals surface area (Å²) in [7, 11) is 0. The molecule has 1 aliphatic heterocycles. The van der Waals surface area contributed by atoms with Crippen LogP contribution < -0.4 is 5.32 Å². The lowest BCUT2D eigenvalue weighted by Crippen LogP contribution is -2.47. The van der Waals surface area contributed by atoms with Crippen LogP contribution in [0.2, 0.25) is 0 Å². The molecule has 1 amide bonds. The van der Waals surface area contributed by atoms with Crippen molar-refractivity contribution in [1.82, 2.24) is 5.32 Å². The molecule has 3 atom stereocenters. The first-order valence-electron chi connectivity index (χ1n) is 12.5. The van der Waals surface area contributed by atoms with Crippen molar-refractivity contribution in [2.45, 2.75) is 142 Å². The SMILES string of the molecule is CCCCCCCCCCCCCC[C@@H]1OC[C@H](NC(=O)OC(C)(C)C)[C@H]1OC(C)=O. The Labute approximate surface area is 190 Å². The predicted octanol–water partition coefficient (Wildman–Crippen LogP) is 6.30. The van der Waals surface area contributed by atoms with Gasteiger partial charge in [-0.25, -0.2) is 4.79 Å². The van der Waals surface area contributed by atoms with E-state index in [1.807, 2.05) is 20.8 Å². The van der Waals surface area contributed by atoms with E-state index in [0.29, 0.717) is 6.61 Å². The average molecular weight is 442 g/mol. The van der Waals surface area contributed by atoms with Crippen LogP contribution in [0.3, 0.4) is 0 Å². The molecule has 1 saturated heterocycles. The first kappa shape index (κ1) is 27.7. The number of hydrogen-bond acceptors (Lipinski definition) is 5. The monoisotopic (exact) mass is 441 g/mol. The number of nitrogens with one attached hydrogen (secondary N) is 1. The molecule has 0 unspecified atom stereocenters. The highest BCUT2D eigenvalue weighted by Gasteiger charge is 2.40. The van der Waals surface area contributed by atoms with Gasteiger partial charge in [0.25, 0.3) is 0 Å². The molecule has 1 rings (SSSR count). The zero-order chi connectivity index (χ0) is 23.1. The average Bonchev–Trinajstić information content (AvgIpc) is 3.02. The van der Waals surface area contributed by atoms with Gasteiger partial charge in [0.15, 0.2) is 6.10 Å². The standard InChI is InChI=1S/C25H47NO5/c1-6-7-8-9-10-11-12-13-14-15-16-17-18-22-23(30-20(2)27)21(19-29-22)26-24(28)31-25(3,4)5/h21-23H,6-19H2,1-5H3,(H,26,28)/t21-,22-,23+/m0/s1. The summed E-state index contributed by atoms with van der Waals surface area (Å²) in [5.74, 6) is -0.355. The lowest BCUT2D eigenvalue weighted by atomic mass is 10.0. The molecule has 0 radical (unpaired) electrons. The van der Waals surface area contributed by atoms with Crippen molar-refractivity contribution in [3.63, 3.8) is 0 Å². The molecule has 6 nitrogen and oxygen atoms in total. The minimum Gasteiger partial charge on any atom is -0.457 e. The number of unbranched alkanes of at least 4 members (excludes halogenated alkanes) is 11. The van der Waals surface area contributed by atoms with Crippen molar-refractivity contribution in [2.24, 2.45) is 0 Å². The van der Waals surface area contributed by atoms with Crippen LogP contribution in [0.4, 0.5) is 4.79 Å². The molecular formula is C25H47NO5. The maximum atomic E-state index is 12.1. The van der Waals surface area contributed by atoms with Crippen LogP contribution in [-0.2, 0) is 19.0 Å². The summed E-state index contributed by atoms with van der Waals surface area (Å²) < 4.78 is 16.7. The minimum atomic E-state index is -0.574. The number of rotatable bonds is 15. The Bertz CT molecular complexity index is 503. The third-order valence-electron chi connectivity index (χ3n) is 5.60. The number of amides is 1. The Kier molecular flexibility index (Phi) is 13.9. The van der Waals surface area contributed by atoms with Crippen LogP contribution >= 0.6 is 0 Å². The molecule has 0 aromatic rings. The highest BCUT2D eigenvalue weighted by atomic mass is 16.6. The lowest BCUT2D eigenvalue weighted by Gasteiger charge is -2.25. The second-order valence-electron chi connectivity index (χ2n) is 9.88. The van der Waals surface area contributed by atoms with Crippen molar-refractivity contribution in [1.29, 1.82) is 0 Å². The molecule has 6 heteroatoms. The van der Waals surface area contributed by atoms with E-state index in [1.54, 1.807) is 0 Å². The highest BCUT2D eigenvalue weighted by Crippen LogP contribution is 2.24. The fraction of sp³-hybridized carbons (Fsp3) is 0.920. The van der Waals surface area contributed by atoms with Crippen molar-refractivity contribution in [2.75, 3.05) is 6.61 Å². The Morgan fingerprint density at radius 1 is 0.903 bits per heavy atom. The predicted molar refractivity (Wildman–Crippen MR) is 124 cm³/mol. The van der Waals surface area contributed by atoms with Crippen LogP contribution in [0.5, 0.6) is 0 Å². The van der Waals surface area contributed by atoms with Gasteiger partial charge in [-0.3, -0.25) is 4.79 Å². The number of ether oxygens (including phenoxy) is 3. The minimum absolute atomic E-state index is 0.174. The van der Waals surface area contributed by atoms with Gasteiger partial charge in [0.1, 0.15) is 5.60 Å². The topological polar surface area (TPSA) is 73.9 Å². The van der Waals surface area contributed by atoms with Crippen LogP contribution in [0.1, 0.15) is 118 Å². The quantitative estimate of drug-likeness (QED) is 0.238. The molecule has 0 aromatic carbocycles. The van der Waals surface area contributed by atoms with E-state index >= 15 is 0 Å². The Hall–Kier alpha value is -1.30. The summed E-state index contributed by atoms with van der Waals surface area (Å²) in [5, 5.41) is 2.80. The third-order valence-corrected chi connectivity index (χ3v) is 5.60. The van der Waals surface area contributed by atoms with Crippen LogP contribution in [0.25, 0.3) is 0 Å². The molecule has 0 saturated carbocycles. The van der Waals surface area contributed by atoms with E-state index < -0.39 is 17.8 Å². The fourth-order valence-corrected chi connectivity index (χ4v) is 4.04. The number of hydrogen-bond donors (Lipinski definition) is 1. The highest BCUT2D eigenvalue weighted by molar-refractivity contribution is 5.69. The smallest absolute Gasteiger partial charge is 0.408 e. The van der Waals surface area contributed by atoms with Gasteiger partial charge in [0.05, 0.1) is 18.8 Å². The van der Waals surface area contributed by atoms with E-state index in [-0.39, 0.29) is 18.1 Å². The van der Waals surface area contributed by atoms with E-state index in [2.05, 4.69) is 12.2 Å². The summed E-state index contributed by atoms with van der Waals surface area (Å²) in [6.07, 6.45) is 15.3. The largest absolute Gasteiger partial charge is 0.457 e. The van der Waals surface area contributed by atoms with Gasteiger partial charge in [0, 0.05) is 6.92 Å². The number of alkyl carbamates (subject to hydrolysis) is 1. The Morgan fingerprint density at radius 2 is 1.42 bits per heavy atom. The van der Waals surface area contributed by atoms with E-state index in [4.69, 9.17) is 14.2 Å². The van der Waals surface area contributed by atoms with Gasteiger partial charge in [0.2, 0.25) is 0 Å². The third kappa shape index (κ3) is 13.7. The molecule has 1 N–H and O–H groups in total. The van der Waals surface area contributed by atoms with Crippen LogP contribution in [-0.4, -0.2) is 42.5 Å².